The van der Waals surface area contributed by atoms with Gasteiger partial charge in [0.15, 0.2) is 11.5 Å². The highest BCUT2D eigenvalue weighted by molar-refractivity contribution is 6.11. The molecule has 0 fully saturated rings. The first-order valence-electron chi connectivity index (χ1n) is 6.82. The Labute approximate surface area is 115 Å². The molecule has 0 aliphatic heterocycles. The number of fused-ring (bicyclic) bond motifs is 1. The Morgan fingerprint density at radius 2 is 1.84 bits per heavy atom. The zero-order chi connectivity index (χ0) is 14.6. The molecule has 2 unspecified atom stereocenters. The maximum absolute atomic E-state index is 12.1. The minimum Gasteiger partial charge on any atom is -0.493 e. The van der Waals surface area contributed by atoms with Gasteiger partial charge < -0.3 is 4.74 Å². The predicted molar refractivity (Wildman–Crippen MR) is 75.6 cm³/mol. The van der Waals surface area contributed by atoms with Crippen molar-refractivity contribution >= 4 is 11.6 Å². The van der Waals surface area contributed by atoms with Crippen molar-refractivity contribution in [1.29, 1.82) is 0 Å². The average Bonchev–Trinajstić information content (AvgIpc) is 2.33. The summed E-state index contributed by atoms with van der Waals surface area (Å²) in [6.07, 6.45) is 6.58. The number of Topliss-reactive ketones (excluding diaryl/α,β-unsaturated/α-hetero) is 1. The molecule has 0 bridgehead atoms. The fourth-order valence-electron chi connectivity index (χ4n) is 2.37. The summed E-state index contributed by atoms with van der Waals surface area (Å²) in [5.41, 5.74) is -0.591. The van der Waals surface area contributed by atoms with Gasteiger partial charge in [0, 0.05) is 17.4 Å². The molecule has 2 aliphatic rings. The van der Waals surface area contributed by atoms with Gasteiger partial charge in [-0.05, 0) is 18.8 Å². The third-order valence-electron chi connectivity index (χ3n) is 3.43. The molecule has 106 valence electrons. The molecule has 0 aromatic rings. The number of carbonyl (C=O) groups is 2. The number of allylic oxidation sites excluding steroid dienone is 4. The Morgan fingerprint density at radius 1 is 1.26 bits per heavy atom. The van der Waals surface area contributed by atoms with Crippen LogP contribution in [0, 0.1) is 17.3 Å². The van der Waals surface area contributed by atoms with Crippen LogP contribution in [0.3, 0.4) is 0 Å². The van der Waals surface area contributed by atoms with Crippen LogP contribution in [-0.2, 0) is 14.3 Å². The largest absolute Gasteiger partial charge is 0.493 e. The van der Waals surface area contributed by atoms with E-state index in [1.165, 1.54) is 13.2 Å². The van der Waals surface area contributed by atoms with Gasteiger partial charge in [0.25, 0.3) is 0 Å². The standard InChI is InChI=1S/C12H14O3.C4H10/c1-12-6-4-3-5-8(12)9(13)7-10(15-2)11(12)14;1-4(2)3/h3-4,7-8H,5-6H2,1-2H3;4H,1-3H3. The third-order valence-corrected chi connectivity index (χ3v) is 3.43. The fraction of sp³-hybridized carbons (Fsp3) is 0.625. The highest BCUT2D eigenvalue weighted by Crippen LogP contribution is 2.43. The lowest BCUT2D eigenvalue weighted by atomic mass is 9.63. The summed E-state index contributed by atoms with van der Waals surface area (Å²) in [7, 11) is 1.43. The lowest BCUT2D eigenvalue weighted by Crippen LogP contribution is -2.45. The molecule has 3 nitrogen and oxygen atoms in total. The van der Waals surface area contributed by atoms with Crippen molar-refractivity contribution < 1.29 is 14.3 Å². The van der Waals surface area contributed by atoms with Gasteiger partial charge in [-0.2, -0.15) is 0 Å². The molecule has 0 amide bonds. The molecule has 0 spiro atoms. The Kier molecular flexibility index (Phi) is 5.10. The van der Waals surface area contributed by atoms with Crippen molar-refractivity contribution in [3.05, 3.63) is 24.0 Å². The number of rotatable bonds is 1. The summed E-state index contributed by atoms with van der Waals surface area (Å²) in [6.45, 7) is 8.35. The Bertz CT molecular complexity index is 415. The SMILES string of the molecule is CC(C)C.COC1=CC(=O)C2CC=CCC2(C)C1=O. The summed E-state index contributed by atoms with van der Waals surface area (Å²) in [6, 6.07) is 0. The van der Waals surface area contributed by atoms with Crippen molar-refractivity contribution in [2.75, 3.05) is 7.11 Å². The first-order chi connectivity index (χ1) is 8.82. The number of hydrogen-bond acceptors (Lipinski definition) is 3. The van der Waals surface area contributed by atoms with Gasteiger partial charge >= 0.3 is 0 Å². The van der Waals surface area contributed by atoms with Crippen LogP contribution in [0.1, 0.15) is 40.5 Å². The number of carbonyl (C=O) groups excluding carboxylic acids is 2. The van der Waals surface area contributed by atoms with Crippen LogP contribution < -0.4 is 0 Å². The molecule has 0 radical (unpaired) electrons. The lowest BCUT2D eigenvalue weighted by molar-refractivity contribution is -0.139. The van der Waals surface area contributed by atoms with Crippen LogP contribution in [0.2, 0.25) is 0 Å². The molecule has 3 heteroatoms. The van der Waals surface area contributed by atoms with E-state index in [4.69, 9.17) is 4.74 Å². The average molecular weight is 264 g/mol. The zero-order valence-electron chi connectivity index (χ0n) is 12.5. The third kappa shape index (κ3) is 3.34. The number of hydrogen-bond donors (Lipinski definition) is 0. The molecular formula is C16H24O3. The summed E-state index contributed by atoms with van der Waals surface area (Å²) >= 11 is 0. The summed E-state index contributed by atoms with van der Waals surface area (Å²) in [5.74, 6) is 0.806. The van der Waals surface area contributed by atoms with Gasteiger partial charge in [0.05, 0.1) is 7.11 Å². The molecule has 0 aromatic heterocycles. The minimum absolute atomic E-state index is 0.0123. The number of ketones is 2. The molecule has 0 saturated carbocycles. The van der Waals surface area contributed by atoms with E-state index in [9.17, 15) is 9.59 Å². The van der Waals surface area contributed by atoms with E-state index >= 15 is 0 Å². The molecule has 2 rings (SSSR count). The molecule has 0 aromatic carbocycles. The van der Waals surface area contributed by atoms with Crippen LogP contribution in [0.4, 0.5) is 0 Å². The van der Waals surface area contributed by atoms with Gasteiger partial charge in [-0.15, -0.1) is 0 Å². The first-order valence-corrected chi connectivity index (χ1v) is 6.82. The minimum atomic E-state index is -0.591. The van der Waals surface area contributed by atoms with Gasteiger partial charge in [-0.3, -0.25) is 9.59 Å². The van der Waals surface area contributed by atoms with Crippen LogP contribution in [0.15, 0.2) is 24.0 Å². The van der Waals surface area contributed by atoms with Gasteiger partial charge in [0.2, 0.25) is 5.78 Å². The van der Waals surface area contributed by atoms with E-state index in [0.717, 1.165) is 5.92 Å². The van der Waals surface area contributed by atoms with E-state index in [0.29, 0.717) is 12.8 Å². The summed E-state index contributed by atoms with van der Waals surface area (Å²) in [4.78, 5) is 23.9. The van der Waals surface area contributed by atoms with E-state index in [-0.39, 0.29) is 23.2 Å². The van der Waals surface area contributed by atoms with Crippen LogP contribution >= 0.6 is 0 Å². The van der Waals surface area contributed by atoms with Crippen molar-refractivity contribution in [2.45, 2.75) is 40.5 Å². The second-order valence-electron chi connectivity index (χ2n) is 6.06. The molecule has 0 N–H and O–H groups in total. The number of methoxy groups -OCH3 is 1. The van der Waals surface area contributed by atoms with Gasteiger partial charge in [0.1, 0.15) is 0 Å². The van der Waals surface area contributed by atoms with Gasteiger partial charge in [-0.1, -0.05) is 39.8 Å². The molecule has 2 aliphatic carbocycles. The van der Waals surface area contributed by atoms with Crippen LogP contribution in [0.25, 0.3) is 0 Å². The van der Waals surface area contributed by atoms with Crippen LogP contribution in [-0.4, -0.2) is 18.7 Å². The molecule has 0 saturated heterocycles. The Balaban J connectivity index is 0.000000399. The smallest absolute Gasteiger partial charge is 0.204 e. The fourth-order valence-corrected chi connectivity index (χ4v) is 2.37. The Hall–Kier alpha value is -1.38. The van der Waals surface area contributed by atoms with Gasteiger partial charge in [-0.25, -0.2) is 0 Å². The van der Waals surface area contributed by atoms with Crippen molar-refractivity contribution in [1.82, 2.24) is 0 Å². The van der Waals surface area contributed by atoms with E-state index in [1.54, 1.807) is 0 Å². The monoisotopic (exact) mass is 264 g/mol. The second-order valence-corrected chi connectivity index (χ2v) is 6.06. The zero-order valence-corrected chi connectivity index (χ0v) is 12.5. The molecular weight excluding hydrogens is 240 g/mol. The highest BCUT2D eigenvalue weighted by atomic mass is 16.5. The van der Waals surface area contributed by atoms with Crippen molar-refractivity contribution in [3.63, 3.8) is 0 Å². The first kappa shape index (κ1) is 15.7. The lowest BCUT2D eigenvalue weighted by Gasteiger charge is -2.38. The Morgan fingerprint density at radius 3 is 2.37 bits per heavy atom. The maximum atomic E-state index is 12.1. The molecule has 0 heterocycles. The highest BCUT2D eigenvalue weighted by Gasteiger charge is 2.49. The maximum Gasteiger partial charge on any atom is 0.204 e. The molecule has 2 atom stereocenters. The molecule has 19 heavy (non-hydrogen) atoms. The predicted octanol–water partition coefficient (Wildman–Crippen LogP) is 3.30. The van der Waals surface area contributed by atoms with E-state index in [2.05, 4.69) is 20.8 Å². The topological polar surface area (TPSA) is 43.4 Å². The second kappa shape index (κ2) is 6.18. The van der Waals surface area contributed by atoms with Crippen molar-refractivity contribution in [3.8, 4) is 0 Å². The number of ether oxygens (including phenoxy) is 1. The van der Waals surface area contributed by atoms with Crippen molar-refractivity contribution in [2.24, 2.45) is 17.3 Å². The van der Waals surface area contributed by atoms with E-state index < -0.39 is 5.41 Å². The summed E-state index contributed by atoms with van der Waals surface area (Å²) < 4.78 is 4.95. The summed E-state index contributed by atoms with van der Waals surface area (Å²) in [5, 5.41) is 0. The van der Waals surface area contributed by atoms with Crippen LogP contribution in [0.5, 0.6) is 0 Å². The normalized spacial score (nSPS) is 29.4. The quantitative estimate of drug-likeness (QED) is 0.682. The van der Waals surface area contributed by atoms with E-state index in [1.807, 2.05) is 19.1 Å².